The van der Waals surface area contributed by atoms with Gasteiger partial charge in [0.1, 0.15) is 0 Å². The summed E-state index contributed by atoms with van der Waals surface area (Å²) in [5, 5.41) is 0. The lowest BCUT2D eigenvalue weighted by atomic mass is 10.4. The van der Waals surface area contributed by atoms with Crippen LogP contribution in [0.4, 0.5) is 0 Å². The van der Waals surface area contributed by atoms with Crippen LogP contribution < -0.4 is 0 Å². The molecule has 0 spiro atoms. The Bertz CT molecular complexity index is 180. The van der Waals surface area contributed by atoms with E-state index in [1.54, 1.807) is 13.0 Å². The van der Waals surface area contributed by atoms with Gasteiger partial charge in [0.2, 0.25) is 0 Å². The second-order valence-electron chi connectivity index (χ2n) is 2.70. The fraction of sp³-hybridized carbons (Fsp3) is 0.778. The molecule has 0 aliphatic carbocycles. The van der Waals surface area contributed by atoms with Crippen molar-refractivity contribution >= 4 is 7.60 Å². The highest BCUT2D eigenvalue weighted by Gasteiger charge is 2.20. The lowest BCUT2D eigenvalue weighted by Crippen LogP contribution is -1.99. The first-order valence-corrected chi connectivity index (χ1v) is 6.40. The third-order valence-electron chi connectivity index (χ3n) is 1.56. The van der Waals surface area contributed by atoms with Crippen molar-refractivity contribution in [3.63, 3.8) is 0 Å². The first-order valence-electron chi connectivity index (χ1n) is 4.67. The lowest BCUT2D eigenvalue weighted by molar-refractivity contribution is 0.217. The van der Waals surface area contributed by atoms with Gasteiger partial charge in [-0.3, -0.25) is 4.57 Å². The van der Waals surface area contributed by atoms with E-state index in [4.69, 9.17) is 9.05 Å². The Morgan fingerprint density at radius 3 is 2.54 bits per heavy atom. The molecule has 78 valence electrons. The van der Waals surface area contributed by atoms with Crippen molar-refractivity contribution in [1.82, 2.24) is 0 Å². The first-order chi connectivity index (χ1) is 6.18. The van der Waals surface area contributed by atoms with Crippen LogP contribution in [-0.2, 0) is 13.6 Å². The van der Waals surface area contributed by atoms with E-state index in [0.717, 1.165) is 12.8 Å². The van der Waals surface area contributed by atoms with Crippen molar-refractivity contribution in [3.05, 3.63) is 12.7 Å². The zero-order chi connectivity index (χ0) is 10.2. The minimum atomic E-state index is -2.82. The minimum Gasteiger partial charge on any atom is -0.309 e. The molecule has 3 nitrogen and oxygen atoms in total. The van der Waals surface area contributed by atoms with Crippen LogP contribution in [0.2, 0.25) is 0 Å². The Morgan fingerprint density at radius 2 is 2.08 bits per heavy atom. The normalized spacial score (nSPS) is 15.2. The highest BCUT2D eigenvalue weighted by Crippen LogP contribution is 2.47. The zero-order valence-electron chi connectivity index (χ0n) is 8.49. The zero-order valence-corrected chi connectivity index (χ0v) is 9.39. The molecule has 0 aliphatic heterocycles. The van der Waals surface area contributed by atoms with E-state index < -0.39 is 7.60 Å². The van der Waals surface area contributed by atoms with Crippen LogP contribution in [0.1, 0.15) is 26.7 Å². The van der Waals surface area contributed by atoms with Crippen molar-refractivity contribution in [3.8, 4) is 0 Å². The summed E-state index contributed by atoms with van der Waals surface area (Å²) >= 11 is 0. The van der Waals surface area contributed by atoms with Gasteiger partial charge >= 0.3 is 7.60 Å². The van der Waals surface area contributed by atoms with Crippen molar-refractivity contribution in [2.75, 3.05) is 19.4 Å². The highest BCUT2D eigenvalue weighted by molar-refractivity contribution is 7.53. The molecule has 0 radical (unpaired) electrons. The smallest absolute Gasteiger partial charge is 0.309 e. The quantitative estimate of drug-likeness (QED) is 0.347. The molecular weight excluding hydrogens is 187 g/mol. The molecule has 0 heterocycles. The summed E-state index contributed by atoms with van der Waals surface area (Å²) in [4.78, 5) is 0. The molecule has 0 N–H and O–H groups in total. The van der Waals surface area contributed by atoms with Crippen LogP contribution in [-0.4, -0.2) is 19.4 Å². The monoisotopic (exact) mass is 206 g/mol. The minimum absolute atomic E-state index is 0.289. The van der Waals surface area contributed by atoms with Crippen molar-refractivity contribution < 1.29 is 13.6 Å². The average Bonchev–Trinajstić information content (AvgIpc) is 2.15. The Labute approximate surface area is 80.7 Å². The summed E-state index contributed by atoms with van der Waals surface area (Å²) in [5.41, 5.74) is 0. The molecule has 0 aromatic heterocycles. The van der Waals surface area contributed by atoms with Crippen LogP contribution in [0.3, 0.4) is 0 Å². The molecule has 4 heteroatoms. The molecular formula is C9H19O3P. The van der Waals surface area contributed by atoms with Gasteiger partial charge in [-0.15, -0.1) is 6.58 Å². The fourth-order valence-corrected chi connectivity index (χ4v) is 1.91. The van der Waals surface area contributed by atoms with Gasteiger partial charge in [-0.2, -0.15) is 0 Å². The van der Waals surface area contributed by atoms with E-state index in [2.05, 4.69) is 13.5 Å². The molecule has 0 aromatic carbocycles. The van der Waals surface area contributed by atoms with Gasteiger partial charge < -0.3 is 9.05 Å². The third kappa shape index (κ3) is 6.03. The van der Waals surface area contributed by atoms with Gasteiger partial charge in [0.05, 0.1) is 13.2 Å². The number of hydrogen-bond acceptors (Lipinski definition) is 3. The van der Waals surface area contributed by atoms with E-state index >= 15 is 0 Å². The van der Waals surface area contributed by atoms with Gasteiger partial charge in [-0.1, -0.05) is 26.3 Å². The second-order valence-corrected chi connectivity index (χ2v) is 5.07. The van der Waals surface area contributed by atoms with E-state index in [9.17, 15) is 4.57 Å². The summed E-state index contributed by atoms with van der Waals surface area (Å²) in [5.74, 6) is 0. The standard InChI is InChI=1S/C9H19O3P/c1-4-7-9-12-13(10,6-3)11-8-5-2/h5H,2,4,6-9H2,1,3H3. The Morgan fingerprint density at radius 1 is 1.38 bits per heavy atom. The van der Waals surface area contributed by atoms with Gasteiger partial charge in [0.25, 0.3) is 0 Å². The Balaban J connectivity index is 3.81. The van der Waals surface area contributed by atoms with Crippen molar-refractivity contribution in [2.45, 2.75) is 26.7 Å². The maximum atomic E-state index is 11.7. The van der Waals surface area contributed by atoms with Crippen LogP contribution in [0, 0.1) is 0 Å². The van der Waals surface area contributed by atoms with Crippen LogP contribution >= 0.6 is 7.60 Å². The average molecular weight is 206 g/mol. The molecule has 0 aliphatic rings. The summed E-state index contributed by atoms with van der Waals surface area (Å²) in [6.45, 7) is 8.16. The van der Waals surface area contributed by atoms with Gasteiger partial charge in [0, 0.05) is 6.16 Å². The molecule has 0 amide bonds. The predicted molar refractivity (Wildman–Crippen MR) is 55.2 cm³/mol. The van der Waals surface area contributed by atoms with E-state index in [-0.39, 0.29) is 6.61 Å². The molecule has 0 saturated heterocycles. The molecule has 0 bridgehead atoms. The van der Waals surface area contributed by atoms with E-state index in [0.29, 0.717) is 12.8 Å². The molecule has 0 saturated carbocycles. The fourth-order valence-electron chi connectivity index (χ4n) is 0.734. The predicted octanol–water partition coefficient (Wildman–Crippen LogP) is 3.22. The summed E-state index contributed by atoms with van der Waals surface area (Å²) in [6, 6.07) is 0. The second kappa shape index (κ2) is 7.31. The summed E-state index contributed by atoms with van der Waals surface area (Å²) in [7, 11) is -2.82. The van der Waals surface area contributed by atoms with Crippen LogP contribution in [0.15, 0.2) is 12.7 Å². The van der Waals surface area contributed by atoms with Crippen LogP contribution in [0.5, 0.6) is 0 Å². The molecule has 0 aromatic rings. The maximum Gasteiger partial charge on any atom is 0.330 e. The molecule has 1 unspecified atom stereocenters. The first kappa shape index (κ1) is 12.9. The van der Waals surface area contributed by atoms with Gasteiger partial charge in [-0.05, 0) is 6.42 Å². The van der Waals surface area contributed by atoms with Gasteiger partial charge in [0.15, 0.2) is 0 Å². The summed E-state index contributed by atoms with van der Waals surface area (Å²) in [6.07, 6.45) is 3.95. The molecule has 0 fully saturated rings. The number of hydrogen-bond donors (Lipinski definition) is 0. The topological polar surface area (TPSA) is 35.5 Å². The number of rotatable bonds is 8. The third-order valence-corrected chi connectivity index (χ3v) is 3.46. The van der Waals surface area contributed by atoms with E-state index in [1.165, 1.54) is 0 Å². The Hall–Kier alpha value is -0.110. The largest absolute Gasteiger partial charge is 0.330 e. The van der Waals surface area contributed by atoms with Gasteiger partial charge in [-0.25, -0.2) is 0 Å². The van der Waals surface area contributed by atoms with E-state index in [1.807, 2.05) is 0 Å². The van der Waals surface area contributed by atoms with Crippen molar-refractivity contribution in [1.29, 1.82) is 0 Å². The maximum absolute atomic E-state index is 11.7. The lowest BCUT2D eigenvalue weighted by Gasteiger charge is -2.15. The number of unbranched alkanes of at least 4 members (excludes halogenated alkanes) is 1. The van der Waals surface area contributed by atoms with Crippen molar-refractivity contribution in [2.24, 2.45) is 0 Å². The highest BCUT2D eigenvalue weighted by atomic mass is 31.2. The van der Waals surface area contributed by atoms with Crippen LogP contribution in [0.25, 0.3) is 0 Å². The molecule has 0 rings (SSSR count). The molecule has 1 atom stereocenters. The SMILES string of the molecule is C=CCOP(=O)(CC)OCCCC. The summed E-state index contributed by atoms with van der Waals surface area (Å²) < 4.78 is 22.0. The Kier molecular flexibility index (Phi) is 7.25. The molecule has 13 heavy (non-hydrogen) atoms.